The summed E-state index contributed by atoms with van der Waals surface area (Å²) in [5.74, 6) is -0.102. The van der Waals surface area contributed by atoms with Crippen molar-refractivity contribution in [1.82, 2.24) is 0 Å². The molecule has 1 atom stereocenters. The van der Waals surface area contributed by atoms with E-state index >= 15 is 0 Å². The van der Waals surface area contributed by atoms with E-state index in [0.29, 0.717) is 5.57 Å². The van der Waals surface area contributed by atoms with E-state index in [-0.39, 0.29) is 11.4 Å². The van der Waals surface area contributed by atoms with E-state index in [0.717, 1.165) is 0 Å². The molecule has 0 saturated carbocycles. The van der Waals surface area contributed by atoms with Crippen LogP contribution in [0.25, 0.3) is 0 Å². The molecule has 0 spiro atoms. The van der Waals surface area contributed by atoms with Crippen LogP contribution in [0, 0.1) is 6.58 Å². The van der Waals surface area contributed by atoms with Crippen LogP contribution in [-0.4, -0.2) is 18.5 Å². The predicted molar refractivity (Wildman–Crippen MR) is 47.8 cm³/mol. The SMILES string of the molecule is [CH-]=C1C(=O)C(C)=CC1(C)OC.[Cl][Pd+]. The molecule has 0 amide bonds. The predicted octanol–water partition coefficient (Wildman–Crippen LogP) is 1.97. The van der Waals surface area contributed by atoms with Gasteiger partial charge in [-0.25, -0.2) is 0 Å². The zero-order valence-electron chi connectivity index (χ0n) is 7.67. The van der Waals surface area contributed by atoms with Gasteiger partial charge in [0.05, 0.1) is 5.60 Å². The van der Waals surface area contributed by atoms with E-state index in [9.17, 15) is 4.79 Å². The van der Waals surface area contributed by atoms with Gasteiger partial charge in [-0.3, -0.25) is 6.58 Å². The van der Waals surface area contributed by atoms with Crippen LogP contribution >= 0.6 is 9.53 Å². The Morgan fingerprint density at radius 3 is 2.23 bits per heavy atom. The van der Waals surface area contributed by atoms with Crippen LogP contribution < -0.4 is 0 Å². The first-order chi connectivity index (χ1) is 6.01. The third kappa shape index (κ3) is 2.51. The second-order valence-electron chi connectivity index (χ2n) is 2.88. The molecular formula is C9H11ClO2Pd. The van der Waals surface area contributed by atoms with Gasteiger partial charge >= 0.3 is 27.7 Å². The summed E-state index contributed by atoms with van der Waals surface area (Å²) < 4.78 is 5.09. The summed E-state index contributed by atoms with van der Waals surface area (Å²) in [7, 11) is 6.03. The summed E-state index contributed by atoms with van der Waals surface area (Å²) in [4.78, 5) is 11.2. The van der Waals surface area contributed by atoms with Crippen molar-refractivity contribution in [1.29, 1.82) is 0 Å². The van der Waals surface area contributed by atoms with Crippen molar-refractivity contribution in [3.63, 3.8) is 0 Å². The summed E-state index contributed by atoms with van der Waals surface area (Å²) in [6.45, 7) is 9.06. The average Bonchev–Trinajstić information content (AvgIpc) is 2.35. The Kier molecular flexibility index (Phi) is 5.09. The van der Waals surface area contributed by atoms with E-state index in [2.05, 4.69) is 27.7 Å². The number of methoxy groups -OCH3 is 1. The van der Waals surface area contributed by atoms with Crippen molar-refractivity contribution in [2.24, 2.45) is 0 Å². The molecule has 0 saturated heterocycles. The molecule has 1 aliphatic rings. The number of allylic oxidation sites excluding steroid dienone is 1. The van der Waals surface area contributed by atoms with Crippen LogP contribution in [0.1, 0.15) is 13.8 Å². The van der Waals surface area contributed by atoms with Gasteiger partial charge in [0.25, 0.3) is 0 Å². The van der Waals surface area contributed by atoms with Gasteiger partial charge in [0.1, 0.15) is 0 Å². The molecule has 0 bridgehead atoms. The number of rotatable bonds is 1. The van der Waals surface area contributed by atoms with E-state index < -0.39 is 5.60 Å². The molecule has 0 aromatic carbocycles. The maximum atomic E-state index is 11.2. The minimum atomic E-state index is -0.679. The van der Waals surface area contributed by atoms with Crippen molar-refractivity contribution in [3.05, 3.63) is 23.8 Å². The number of ketones is 1. The second-order valence-corrected chi connectivity index (χ2v) is 2.88. The van der Waals surface area contributed by atoms with E-state index in [1.807, 2.05) is 0 Å². The van der Waals surface area contributed by atoms with E-state index in [1.54, 1.807) is 19.9 Å². The molecule has 4 heteroatoms. The van der Waals surface area contributed by atoms with E-state index in [4.69, 9.17) is 11.3 Å². The van der Waals surface area contributed by atoms with Crippen molar-refractivity contribution < 1.29 is 27.7 Å². The fourth-order valence-electron chi connectivity index (χ4n) is 1.16. The third-order valence-electron chi connectivity index (χ3n) is 2.05. The van der Waals surface area contributed by atoms with Crippen LogP contribution in [0.2, 0.25) is 0 Å². The molecule has 1 aliphatic carbocycles. The van der Waals surface area contributed by atoms with Gasteiger partial charge in [-0.15, -0.1) is 5.57 Å². The van der Waals surface area contributed by atoms with Gasteiger partial charge in [0.2, 0.25) is 0 Å². The van der Waals surface area contributed by atoms with Gasteiger partial charge in [0, 0.05) is 12.9 Å². The number of halogens is 1. The fraction of sp³-hybridized carbons (Fsp3) is 0.444. The monoisotopic (exact) mass is 292 g/mol. The third-order valence-corrected chi connectivity index (χ3v) is 2.05. The summed E-state index contributed by atoms with van der Waals surface area (Å²) in [5.41, 5.74) is 0.255. The fourth-order valence-corrected chi connectivity index (χ4v) is 1.16. The summed E-state index contributed by atoms with van der Waals surface area (Å²) in [5, 5.41) is 0. The van der Waals surface area contributed by atoms with Gasteiger partial charge in [-0.2, -0.15) is 0 Å². The first-order valence-corrected chi connectivity index (χ1v) is 5.55. The van der Waals surface area contributed by atoms with Crippen LogP contribution in [-0.2, 0) is 27.7 Å². The molecule has 0 N–H and O–H groups in total. The Morgan fingerprint density at radius 1 is 1.62 bits per heavy atom. The van der Waals surface area contributed by atoms with Gasteiger partial charge < -0.3 is 9.53 Å². The zero-order valence-corrected chi connectivity index (χ0v) is 9.98. The molecule has 13 heavy (non-hydrogen) atoms. The van der Waals surface area contributed by atoms with Crippen molar-refractivity contribution in [2.45, 2.75) is 19.4 Å². The molecule has 0 fully saturated rings. The summed E-state index contributed by atoms with van der Waals surface area (Å²) >= 11 is 2.22. The van der Waals surface area contributed by atoms with Crippen molar-refractivity contribution in [3.8, 4) is 0 Å². The van der Waals surface area contributed by atoms with Gasteiger partial charge in [-0.1, -0.05) is 18.6 Å². The standard InChI is InChI=1S/C9H11O2.ClH.Pd/c1-6-5-9(3,11-4)7(2)8(6)10;;/h2,5H,1,3-4H3;1H;/q-1;;+2/p-1. The van der Waals surface area contributed by atoms with Gasteiger partial charge in [0.15, 0.2) is 0 Å². The molecule has 0 radical (unpaired) electrons. The molecule has 0 aliphatic heterocycles. The molecule has 1 rings (SSSR count). The first kappa shape index (κ1) is 13.1. The number of hydrogen-bond donors (Lipinski definition) is 0. The van der Waals surface area contributed by atoms with Crippen LogP contribution in [0.15, 0.2) is 17.2 Å². The number of Topliss-reactive ketones (excluding diaryl/α,β-unsaturated/α-hetero) is 1. The molecule has 0 aromatic heterocycles. The number of carbonyl (C=O) groups excluding carboxylic acids is 1. The van der Waals surface area contributed by atoms with Crippen molar-refractivity contribution in [2.75, 3.05) is 7.11 Å². The Labute approximate surface area is 93.4 Å². The number of ether oxygens (including phenoxy) is 1. The number of hydrogen-bond acceptors (Lipinski definition) is 2. The summed E-state index contributed by atoms with van der Waals surface area (Å²) in [6.07, 6.45) is 1.74. The maximum absolute atomic E-state index is 11.2. The Bertz CT molecular complexity index is 260. The van der Waals surface area contributed by atoms with E-state index in [1.165, 1.54) is 7.11 Å². The average molecular weight is 293 g/mol. The molecule has 76 valence electrons. The van der Waals surface area contributed by atoms with Gasteiger partial charge in [-0.05, 0) is 6.92 Å². The topological polar surface area (TPSA) is 26.3 Å². The Morgan fingerprint density at radius 2 is 2.08 bits per heavy atom. The first-order valence-electron chi connectivity index (χ1n) is 3.55. The number of carbonyl (C=O) groups is 1. The second kappa shape index (κ2) is 5.07. The molecule has 0 aromatic rings. The van der Waals surface area contributed by atoms with Crippen LogP contribution in [0.5, 0.6) is 0 Å². The van der Waals surface area contributed by atoms with Crippen LogP contribution in [0.3, 0.4) is 0 Å². The normalized spacial score (nSPS) is 26.8. The van der Waals surface area contributed by atoms with Crippen LogP contribution in [0.4, 0.5) is 0 Å². The minimum absolute atomic E-state index is 0.102. The molecule has 1 unspecified atom stereocenters. The zero-order chi connectivity index (χ0) is 10.6. The molecule has 0 heterocycles. The van der Waals surface area contributed by atoms with Crippen molar-refractivity contribution >= 4 is 15.3 Å². The Balaban J connectivity index is 0.000000671. The molecular weight excluding hydrogens is 282 g/mol. The summed E-state index contributed by atoms with van der Waals surface area (Å²) in [6, 6.07) is 0. The Hall–Kier alpha value is 0.0623. The quantitative estimate of drug-likeness (QED) is 0.420. The molecule has 2 nitrogen and oxygen atoms in total.